The summed E-state index contributed by atoms with van der Waals surface area (Å²) in [6.45, 7) is 7.37. The molecule has 1 fully saturated rings. The Bertz CT molecular complexity index is 421. The number of benzene rings is 1. The highest BCUT2D eigenvalue weighted by Gasteiger charge is 2.24. The SMILES string of the molecule is COc1cccc(C(CNC(C)(C)C)OC2CCC2)c1. The number of ether oxygens (including phenoxy) is 2. The van der Waals surface area contributed by atoms with E-state index in [4.69, 9.17) is 9.47 Å². The van der Waals surface area contributed by atoms with Gasteiger partial charge < -0.3 is 14.8 Å². The van der Waals surface area contributed by atoms with Crippen molar-refractivity contribution in [2.75, 3.05) is 13.7 Å². The van der Waals surface area contributed by atoms with Gasteiger partial charge in [-0.15, -0.1) is 0 Å². The molecular formula is C17H27NO2. The molecule has 2 rings (SSSR count). The summed E-state index contributed by atoms with van der Waals surface area (Å²) in [5.41, 5.74) is 1.29. The molecule has 3 heteroatoms. The average Bonchev–Trinajstić information content (AvgIpc) is 2.35. The van der Waals surface area contributed by atoms with Crippen molar-refractivity contribution < 1.29 is 9.47 Å². The fourth-order valence-electron chi connectivity index (χ4n) is 2.22. The summed E-state index contributed by atoms with van der Waals surface area (Å²) in [6, 6.07) is 8.20. The topological polar surface area (TPSA) is 30.5 Å². The van der Waals surface area contributed by atoms with Crippen molar-refractivity contribution >= 4 is 0 Å². The molecule has 1 atom stereocenters. The van der Waals surface area contributed by atoms with Gasteiger partial charge in [-0.3, -0.25) is 0 Å². The number of nitrogens with one attached hydrogen (secondary N) is 1. The molecule has 1 N–H and O–H groups in total. The van der Waals surface area contributed by atoms with Crippen molar-refractivity contribution in [1.82, 2.24) is 5.32 Å². The molecule has 0 amide bonds. The van der Waals surface area contributed by atoms with Crippen LogP contribution in [0.5, 0.6) is 5.75 Å². The van der Waals surface area contributed by atoms with Crippen molar-refractivity contribution in [2.24, 2.45) is 0 Å². The van der Waals surface area contributed by atoms with Crippen LogP contribution in [0, 0.1) is 0 Å². The van der Waals surface area contributed by atoms with Crippen molar-refractivity contribution in [3.63, 3.8) is 0 Å². The van der Waals surface area contributed by atoms with Crippen LogP contribution in [0.3, 0.4) is 0 Å². The van der Waals surface area contributed by atoms with Gasteiger partial charge in [0.1, 0.15) is 5.75 Å². The molecule has 1 aliphatic rings. The lowest BCUT2D eigenvalue weighted by molar-refractivity contribution is -0.0538. The van der Waals surface area contributed by atoms with E-state index in [1.807, 2.05) is 12.1 Å². The van der Waals surface area contributed by atoms with Crippen LogP contribution in [0.4, 0.5) is 0 Å². The second-order valence-corrected chi connectivity index (χ2v) is 6.59. The molecule has 0 saturated heterocycles. The van der Waals surface area contributed by atoms with Gasteiger partial charge in [0.25, 0.3) is 0 Å². The number of rotatable bonds is 6. The molecule has 0 bridgehead atoms. The number of hydrogen-bond acceptors (Lipinski definition) is 3. The van der Waals surface area contributed by atoms with Crippen LogP contribution in [-0.4, -0.2) is 25.3 Å². The Hall–Kier alpha value is -1.06. The molecule has 1 aromatic carbocycles. The Morgan fingerprint density at radius 1 is 1.30 bits per heavy atom. The first-order chi connectivity index (χ1) is 9.48. The Labute approximate surface area is 122 Å². The lowest BCUT2D eigenvalue weighted by Gasteiger charge is -2.33. The van der Waals surface area contributed by atoms with Crippen LogP contribution in [-0.2, 0) is 4.74 Å². The standard InChI is InChI=1S/C17H27NO2/c1-17(2,3)18-12-16(20-14-8-6-9-14)13-7-5-10-15(11-13)19-4/h5,7,10-11,14,16,18H,6,8-9,12H2,1-4H3. The fraction of sp³-hybridized carbons (Fsp3) is 0.647. The maximum absolute atomic E-state index is 6.25. The molecule has 0 spiro atoms. The molecule has 1 saturated carbocycles. The minimum Gasteiger partial charge on any atom is -0.497 e. The van der Waals surface area contributed by atoms with Crippen LogP contribution in [0.1, 0.15) is 51.7 Å². The van der Waals surface area contributed by atoms with Crippen LogP contribution < -0.4 is 10.1 Å². The van der Waals surface area contributed by atoms with Crippen molar-refractivity contribution in [3.05, 3.63) is 29.8 Å². The molecule has 1 aliphatic carbocycles. The van der Waals surface area contributed by atoms with E-state index < -0.39 is 0 Å². The predicted octanol–water partition coefficient (Wildman–Crippen LogP) is 3.69. The third kappa shape index (κ3) is 4.50. The molecule has 20 heavy (non-hydrogen) atoms. The van der Waals surface area contributed by atoms with Gasteiger partial charge in [-0.05, 0) is 57.7 Å². The van der Waals surface area contributed by atoms with Crippen LogP contribution >= 0.6 is 0 Å². The van der Waals surface area contributed by atoms with Gasteiger partial charge in [-0.2, -0.15) is 0 Å². The lowest BCUT2D eigenvalue weighted by atomic mass is 9.95. The maximum atomic E-state index is 6.25. The highest BCUT2D eigenvalue weighted by Crippen LogP contribution is 2.30. The van der Waals surface area contributed by atoms with Gasteiger partial charge in [-0.25, -0.2) is 0 Å². The largest absolute Gasteiger partial charge is 0.497 e. The third-order valence-electron chi connectivity index (χ3n) is 3.69. The maximum Gasteiger partial charge on any atom is 0.119 e. The van der Waals surface area contributed by atoms with Gasteiger partial charge in [0.15, 0.2) is 0 Å². The molecular weight excluding hydrogens is 250 g/mol. The summed E-state index contributed by atoms with van der Waals surface area (Å²) in [5.74, 6) is 0.889. The second-order valence-electron chi connectivity index (χ2n) is 6.59. The summed E-state index contributed by atoms with van der Waals surface area (Å²) in [7, 11) is 1.70. The highest BCUT2D eigenvalue weighted by atomic mass is 16.5. The van der Waals surface area contributed by atoms with E-state index in [0.29, 0.717) is 6.10 Å². The monoisotopic (exact) mass is 277 g/mol. The highest BCUT2D eigenvalue weighted by molar-refractivity contribution is 5.30. The quantitative estimate of drug-likeness (QED) is 0.860. The number of methoxy groups -OCH3 is 1. The van der Waals surface area contributed by atoms with Gasteiger partial charge in [-0.1, -0.05) is 12.1 Å². The molecule has 1 aromatic rings. The van der Waals surface area contributed by atoms with Crippen molar-refractivity contribution in [3.8, 4) is 5.75 Å². The predicted molar refractivity (Wildman–Crippen MR) is 82.2 cm³/mol. The van der Waals surface area contributed by atoms with Gasteiger partial charge in [0.05, 0.1) is 19.3 Å². The lowest BCUT2D eigenvalue weighted by Crippen LogP contribution is -2.40. The summed E-state index contributed by atoms with van der Waals surface area (Å²) in [6.07, 6.45) is 4.19. The molecule has 112 valence electrons. The van der Waals surface area contributed by atoms with Crippen molar-refractivity contribution in [2.45, 2.75) is 57.8 Å². The first-order valence-corrected chi connectivity index (χ1v) is 7.52. The van der Waals surface area contributed by atoms with Crippen molar-refractivity contribution in [1.29, 1.82) is 0 Å². The third-order valence-corrected chi connectivity index (χ3v) is 3.69. The smallest absolute Gasteiger partial charge is 0.119 e. The van der Waals surface area contributed by atoms with E-state index in [1.54, 1.807) is 7.11 Å². The molecule has 1 unspecified atom stereocenters. The average molecular weight is 277 g/mol. The van der Waals surface area contributed by atoms with Crippen LogP contribution in [0.25, 0.3) is 0 Å². The molecule has 0 aliphatic heterocycles. The Balaban J connectivity index is 2.06. The van der Waals surface area contributed by atoms with Crippen LogP contribution in [0.15, 0.2) is 24.3 Å². The zero-order valence-electron chi connectivity index (χ0n) is 13.1. The van der Waals surface area contributed by atoms with E-state index in [1.165, 1.54) is 24.8 Å². The molecule has 0 heterocycles. The molecule has 3 nitrogen and oxygen atoms in total. The van der Waals surface area contributed by atoms with Gasteiger partial charge >= 0.3 is 0 Å². The minimum atomic E-state index is 0.0922. The molecule has 0 aromatic heterocycles. The zero-order chi connectivity index (χ0) is 14.6. The van der Waals surface area contributed by atoms with E-state index in [-0.39, 0.29) is 11.6 Å². The summed E-state index contributed by atoms with van der Waals surface area (Å²) >= 11 is 0. The normalized spacial score (nSPS) is 17.6. The summed E-state index contributed by atoms with van der Waals surface area (Å²) in [5, 5.41) is 3.55. The van der Waals surface area contributed by atoms with Gasteiger partial charge in [0, 0.05) is 12.1 Å². The first kappa shape index (κ1) is 15.3. The first-order valence-electron chi connectivity index (χ1n) is 7.52. The van der Waals surface area contributed by atoms with Crippen LogP contribution in [0.2, 0.25) is 0 Å². The fourth-order valence-corrected chi connectivity index (χ4v) is 2.22. The van der Waals surface area contributed by atoms with E-state index >= 15 is 0 Å². The second kappa shape index (κ2) is 6.59. The number of hydrogen-bond donors (Lipinski definition) is 1. The summed E-state index contributed by atoms with van der Waals surface area (Å²) in [4.78, 5) is 0. The van der Waals surface area contributed by atoms with E-state index in [2.05, 4.69) is 38.2 Å². The molecule has 0 radical (unpaired) electrons. The van der Waals surface area contributed by atoms with E-state index in [0.717, 1.165) is 12.3 Å². The van der Waals surface area contributed by atoms with Gasteiger partial charge in [0.2, 0.25) is 0 Å². The minimum absolute atomic E-state index is 0.0922. The Morgan fingerprint density at radius 2 is 2.05 bits per heavy atom. The van der Waals surface area contributed by atoms with E-state index in [9.17, 15) is 0 Å². The Morgan fingerprint density at radius 3 is 2.60 bits per heavy atom. The Kier molecular flexibility index (Phi) is 5.06. The zero-order valence-corrected chi connectivity index (χ0v) is 13.1. The summed E-state index contributed by atoms with van der Waals surface area (Å²) < 4.78 is 11.6.